The van der Waals surface area contributed by atoms with Crippen molar-refractivity contribution in [3.8, 4) is 0 Å². The summed E-state index contributed by atoms with van der Waals surface area (Å²) in [4.78, 5) is 26.8. The second kappa shape index (κ2) is 7.09. The number of carboxylic acid groups (broad SMARTS) is 1. The molecule has 0 aromatic heterocycles. The average Bonchev–Trinajstić information content (AvgIpc) is 2.87. The molecule has 2 fully saturated rings. The van der Waals surface area contributed by atoms with E-state index in [2.05, 4.69) is 17.1 Å². The van der Waals surface area contributed by atoms with Gasteiger partial charge in [0.1, 0.15) is 6.04 Å². The number of rotatable bonds is 4. The maximum absolute atomic E-state index is 12.1. The summed E-state index contributed by atoms with van der Waals surface area (Å²) in [5.74, 6) is -1.06. The molecule has 120 valence electrons. The Morgan fingerprint density at radius 2 is 1.95 bits per heavy atom. The number of carboxylic acids is 1. The van der Waals surface area contributed by atoms with Crippen LogP contribution in [0.4, 0.5) is 4.79 Å². The van der Waals surface area contributed by atoms with E-state index in [-0.39, 0.29) is 19.0 Å². The lowest BCUT2D eigenvalue weighted by atomic mass is 10.1. The Kier molecular flexibility index (Phi) is 5.41. The van der Waals surface area contributed by atoms with Crippen LogP contribution < -0.4 is 5.32 Å². The number of aliphatic hydroxyl groups excluding tert-OH is 1. The summed E-state index contributed by atoms with van der Waals surface area (Å²) in [6, 6.07) is -1.09. The number of aliphatic carboxylic acids is 1. The molecular formula is C14H25N3O4. The van der Waals surface area contributed by atoms with Gasteiger partial charge in [-0.3, -0.25) is 4.90 Å². The van der Waals surface area contributed by atoms with E-state index in [0.29, 0.717) is 6.54 Å². The summed E-state index contributed by atoms with van der Waals surface area (Å²) < 4.78 is 0. The average molecular weight is 299 g/mol. The van der Waals surface area contributed by atoms with Crippen molar-refractivity contribution < 1.29 is 19.8 Å². The van der Waals surface area contributed by atoms with Gasteiger partial charge in [-0.05, 0) is 32.9 Å². The highest BCUT2D eigenvalue weighted by molar-refractivity contribution is 5.83. The predicted octanol–water partition coefficient (Wildman–Crippen LogP) is 0.0902. The minimum atomic E-state index is -1.06. The summed E-state index contributed by atoms with van der Waals surface area (Å²) in [5.41, 5.74) is 0. The van der Waals surface area contributed by atoms with Crippen LogP contribution in [0.1, 0.15) is 32.6 Å². The Bertz CT molecular complexity index is 384. The fourth-order valence-corrected chi connectivity index (χ4v) is 3.10. The van der Waals surface area contributed by atoms with Crippen LogP contribution >= 0.6 is 0 Å². The number of aliphatic hydroxyl groups is 1. The first kappa shape index (κ1) is 16.0. The highest BCUT2D eigenvalue weighted by Crippen LogP contribution is 2.18. The number of amides is 2. The van der Waals surface area contributed by atoms with Crippen LogP contribution in [-0.2, 0) is 4.79 Å². The molecule has 0 bridgehead atoms. The summed E-state index contributed by atoms with van der Waals surface area (Å²) in [5, 5.41) is 21.4. The zero-order chi connectivity index (χ0) is 15.4. The molecule has 3 unspecified atom stereocenters. The summed E-state index contributed by atoms with van der Waals surface area (Å²) in [7, 11) is 0. The van der Waals surface area contributed by atoms with Crippen LogP contribution in [0.15, 0.2) is 0 Å². The number of likely N-dealkylation sites (tertiary alicyclic amines) is 2. The van der Waals surface area contributed by atoms with Crippen LogP contribution in [0.25, 0.3) is 0 Å². The van der Waals surface area contributed by atoms with Gasteiger partial charge >= 0.3 is 12.0 Å². The number of β-amino-alcohol motifs (C(OH)–C–C–N with tert-alkyl or cyclic N) is 1. The van der Waals surface area contributed by atoms with Crippen molar-refractivity contribution in [3.05, 3.63) is 0 Å². The van der Waals surface area contributed by atoms with Crippen LogP contribution in [0.3, 0.4) is 0 Å². The maximum Gasteiger partial charge on any atom is 0.326 e. The smallest absolute Gasteiger partial charge is 0.326 e. The number of hydrogen-bond donors (Lipinski definition) is 3. The highest BCUT2D eigenvalue weighted by atomic mass is 16.4. The second-order valence-electron chi connectivity index (χ2n) is 6.03. The molecule has 2 aliphatic rings. The van der Waals surface area contributed by atoms with Crippen LogP contribution in [0, 0.1) is 0 Å². The second-order valence-corrected chi connectivity index (χ2v) is 6.03. The maximum atomic E-state index is 12.1. The number of carbonyl (C=O) groups excluding carboxylic acids is 1. The van der Waals surface area contributed by atoms with Gasteiger partial charge in [-0.2, -0.15) is 0 Å². The lowest BCUT2D eigenvalue weighted by Gasteiger charge is -2.33. The molecule has 2 amide bonds. The normalized spacial score (nSPS) is 28.4. The number of hydrogen-bond acceptors (Lipinski definition) is 4. The lowest BCUT2D eigenvalue weighted by molar-refractivity contribution is -0.141. The molecule has 7 nitrogen and oxygen atoms in total. The first-order valence-electron chi connectivity index (χ1n) is 7.68. The van der Waals surface area contributed by atoms with Gasteiger partial charge in [0.15, 0.2) is 0 Å². The van der Waals surface area contributed by atoms with Gasteiger partial charge in [-0.15, -0.1) is 0 Å². The number of piperidine rings is 1. The van der Waals surface area contributed by atoms with Crippen LogP contribution in [-0.4, -0.2) is 76.4 Å². The fraction of sp³-hybridized carbons (Fsp3) is 0.857. The standard InChI is InChI=1S/C14H25N3O4/c1-10(16-5-3-2-4-6-16)8-15-14(21)17-9-11(18)7-12(17)13(19)20/h10-12,18H,2-9H2,1H3,(H,15,21)(H,19,20). The van der Waals surface area contributed by atoms with Crippen molar-refractivity contribution in [1.29, 1.82) is 0 Å². The minimum Gasteiger partial charge on any atom is -0.480 e. The third-order valence-corrected chi connectivity index (χ3v) is 4.39. The van der Waals surface area contributed by atoms with E-state index in [1.165, 1.54) is 24.2 Å². The van der Waals surface area contributed by atoms with Gasteiger partial charge < -0.3 is 20.4 Å². The van der Waals surface area contributed by atoms with Crippen LogP contribution in [0.2, 0.25) is 0 Å². The summed E-state index contributed by atoms with van der Waals surface area (Å²) in [6.45, 7) is 4.76. The molecule has 0 aliphatic carbocycles. The van der Waals surface area contributed by atoms with E-state index in [1.807, 2.05) is 0 Å². The molecule has 21 heavy (non-hydrogen) atoms. The largest absolute Gasteiger partial charge is 0.480 e. The van der Waals surface area contributed by atoms with Crippen molar-refractivity contribution in [2.45, 2.75) is 50.8 Å². The van der Waals surface area contributed by atoms with Crippen molar-refractivity contribution in [2.75, 3.05) is 26.2 Å². The quantitative estimate of drug-likeness (QED) is 0.684. The topological polar surface area (TPSA) is 93.1 Å². The van der Waals surface area contributed by atoms with Crippen LogP contribution in [0.5, 0.6) is 0 Å². The first-order valence-corrected chi connectivity index (χ1v) is 7.68. The van der Waals surface area contributed by atoms with Gasteiger partial charge in [-0.1, -0.05) is 6.42 Å². The SMILES string of the molecule is CC(CNC(=O)N1CC(O)CC1C(=O)O)N1CCCCC1. The van der Waals surface area contributed by atoms with Gasteiger partial charge in [0, 0.05) is 25.6 Å². The van der Waals surface area contributed by atoms with Crippen molar-refractivity contribution in [2.24, 2.45) is 0 Å². The molecule has 0 spiro atoms. The molecule has 0 aromatic carbocycles. The predicted molar refractivity (Wildman–Crippen MR) is 77.0 cm³/mol. The molecule has 0 radical (unpaired) electrons. The first-order chi connectivity index (χ1) is 9.99. The zero-order valence-corrected chi connectivity index (χ0v) is 12.5. The molecule has 3 N–H and O–H groups in total. The summed E-state index contributed by atoms with van der Waals surface area (Å²) >= 11 is 0. The van der Waals surface area contributed by atoms with Gasteiger partial charge in [-0.25, -0.2) is 9.59 Å². The Balaban J connectivity index is 1.81. The number of nitrogens with zero attached hydrogens (tertiary/aromatic N) is 2. The van der Waals surface area contributed by atoms with Crippen molar-refractivity contribution in [1.82, 2.24) is 15.1 Å². The molecule has 2 saturated heterocycles. The number of nitrogens with one attached hydrogen (secondary N) is 1. The molecular weight excluding hydrogens is 274 g/mol. The molecule has 0 saturated carbocycles. The van der Waals surface area contributed by atoms with Gasteiger partial charge in [0.2, 0.25) is 0 Å². The zero-order valence-electron chi connectivity index (χ0n) is 12.5. The van der Waals surface area contributed by atoms with Gasteiger partial charge in [0.25, 0.3) is 0 Å². The van der Waals surface area contributed by atoms with Crippen molar-refractivity contribution in [3.63, 3.8) is 0 Å². The lowest BCUT2D eigenvalue weighted by Crippen LogP contribution is -2.50. The molecule has 2 rings (SSSR count). The Hall–Kier alpha value is -1.34. The Labute approximate surface area is 124 Å². The third kappa shape index (κ3) is 4.07. The molecule has 7 heteroatoms. The molecule has 2 aliphatic heterocycles. The summed E-state index contributed by atoms with van der Waals surface area (Å²) in [6.07, 6.45) is 3.00. The molecule has 3 atom stereocenters. The molecule has 2 heterocycles. The fourth-order valence-electron chi connectivity index (χ4n) is 3.10. The Morgan fingerprint density at radius 1 is 1.29 bits per heavy atom. The van der Waals surface area contributed by atoms with Gasteiger partial charge in [0.05, 0.1) is 6.10 Å². The van der Waals surface area contributed by atoms with Crippen molar-refractivity contribution >= 4 is 12.0 Å². The van der Waals surface area contributed by atoms with E-state index in [9.17, 15) is 14.7 Å². The minimum absolute atomic E-state index is 0.0842. The van der Waals surface area contributed by atoms with E-state index >= 15 is 0 Å². The van der Waals surface area contributed by atoms with E-state index in [1.54, 1.807) is 0 Å². The molecule has 0 aromatic rings. The third-order valence-electron chi connectivity index (χ3n) is 4.39. The van der Waals surface area contributed by atoms with E-state index < -0.39 is 24.1 Å². The monoisotopic (exact) mass is 299 g/mol. The van der Waals surface area contributed by atoms with E-state index in [0.717, 1.165) is 13.1 Å². The number of urea groups is 1. The van der Waals surface area contributed by atoms with E-state index in [4.69, 9.17) is 5.11 Å². The Morgan fingerprint density at radius 3 is 2.57 bits per heavy atom. The highest BCUT2D eigenvalue weighted by Gasteiger charge is 2.39. The number of carbonyl (C=O) groups is 2.